The van der Waals surface area contributed by atoms with Gasteiger partial charge in [0.2, 0.25) is 5.91 Å². The number of aliphatic imine (C=N–C) groups is 1. The van der Waals surface area contributed by atoms with Gasteiger partial charge >= 0.3 is 0 Å². The Morgan fingerprint density at radius 3 is 2.88 bits per heavy atom. The first kappa shape index (κ1) is 19.5. The highest BCUT2D eigenvalue weighted by molar-refractivity contribution is 6.30. The fourth-order valence-corrected chi connectivity index (χ4v) is 2.69. The van der Waals surface area contributed by atoms with E-state index in [9.17, 15) is 4.79 Å². The zero-order valence-electron chi connectivity index (χ0n) is 14.9. The average Bonchev–Trinajstić information content (AvgIpc) is 2.61. The van der Waals surface area contributed by atoms with Crippen molar-refractivity contribution < 1.29 is 9.53 Å². The van der Waals surface area contributed by atoms with E-state index in [0.29, 0.717) is 24.1 Å². The molecule has 1 aromatic carbocycles. The van der Waals surface area contributed by atoms with E-state index in [1.807, 2.05) is 24.3 Å². The topological polar surface area (TPSA) is 66.0 Å². The van der Waals surface area contributed by atoms with E-state index in [2.05, 4.69) is 15.6 Å². The molecular formula is C18H27ClN4O2. The van der Waals surface area contributed by atoms with Gasteiger partial charge in [-0.3, -0.25) is 4.79 Å². The molecule has 1 amide bonds. The number of likely N-dealkylation sites (N-methyl/N-ethyl adjacent to an activating group) is 1. The van der Waals surface area contributed by atoms with Gasteiger partial charge in [-0.15, -0.1) is 0 Å². The van der Waals surface area contributed by atoms with Gasteiger partial charge in [0.05, 0.1) is 19.2 Å². The van der Waals surface area contributed by atoms with E-state index < -0.39 is 0 Å². The Kier molecular flexibility index (Phi) is 8.01. The van der Waals surface area contributed by atoms with Crippen LogP contribution in [0.15, 0.2) is 29.3 Å². The Hall–Kier alpha value is -1.79. The fraction of sp³-hybridized carbons (Fsp3) is 0.556. The molecule has 0 saturated carbocycles. The third-order valence-electron chi connectivity index (χ3n) is 3.99. The van der Waals surface area contributed by atoms with Crippen molar-refractivity contribution in [3.63, 3.8) is 0 Å². The summed E-state index contributed by atoms with van der Waals surface area (Å²) in [6.45, 7) is 2.17. The molecule has 0 radical (unpaired) electrons. The van der Waals surface area contributed by atoms with Crippen LogP contribution in [0.5, 0.6) is 0 Å². The van der Waals surface area contributed by atoms with E-state index in [-0.39, 0.29) is 18.6 Å². The Morgan fingerprint density at radius 2 is 2.20 bits per heavy atom. The molecule has 1 unspecified atom stereocenters. The molecule has 25 heavy (non-hydrogen) atoms. The molecule has 7 heteroatoms. The Morgan fingerprint density at radius 1 is 1.36 bits per heavy atom. The molecule has 1 aliphatic rings. The Labute approximate surface area is 154 Å². The largest absolute Gasteiger partial charge is 0.376 e. The van der Waals surface area contributed by atoms with Crippen molar-refractivity contribution in [2.75, 3.05) is 33.8 Å². The van der Waals surface area contributed by atoms with Gasteiger partial charge in [-0.1, -0.05) is 23.7 Å². The first-order valence-electron chi connectivity index (χ1n) is 8.63. The quantitative estimate of drug-likeness (QED) is 0.597. The van der Waals surface area contributed by atoms with Gasteiger partial charge in [-0.2, -0.15) is 0 Å². The summed E-state index contributed by atoms with van der Waals surface area (Å²) in [6.07, 6.45) is 3.55. The van der Waals surface area contributed by atoms with Crippen molar-refractivity contribution >= 4 is 23.5 Å². The minimum Gasteiger partial charge on any atom is -0.376 e. The number of carbonyl (C=O) groups excluding carboxylic acids is 1. The average molecular weight is 367 g/mol. The number of benzene rings is 1. The summed E-state index contributed by atoms with van der Waals surface area (Å²) in [5, 5.41) is 7.05. The lowest BCUT2D eigenvalue weighted by Crippen LogP contribution is -2.45. The zero-order valence-corrected chi connectivity index (χ0v) is 15.7. The normalized spacial score (nSPS) is 17.9. The summed E-state index contributed by atoms with van der Waals surface area (Å²) in [4.78, 5) is 17.9. The number of hydrogen-bond acceptors (Lipinski definition) is 3. The fourth-order valence-electron chi connectivity index (χ4n) is 2.48. The minimum absolute atomic E-state index is 0.00817. The van der Waals surface area contributed by atoms with Crippen LogP contribution in [0.1, 0.15) is 24.8 Å². The van der Waals surface area contributed by atoms with Crippen LogP contribution in [0.2, 0.25) is 5.02 Å². The first-order chi connectivity index (χ1) is 12.0. The molecule has 6 nitrogen and oxygen atoms in total. The van der Waals surface area contributed by atoms with Crippen molar-refractivity contribution in [1.82, 2.24) is 15.5 Å². The molecule has 2 rings (SSSR count). The summed E-state index contributed by atoms with van der Waals surface area (Å²) < 4.78 is 5.73. The molecule has 1 heterocycles. The van der Waals surface area contributed by atoms with Gasteiger partial charge in [0, 0.05) is 32.3 Å². The van der Waals surface area contributed by atoms with Crippen molar-refractivity contribution in [3.8, 4) is 0 Å². The summed E-state index contributed by atoms with van der Waals surface area (Å²) in [6, 6.07) is 7.60. The smallest absolute Gasteiger partial charge is 0.241 e. The standard InChI is InChI=1S/C18H27ClN4O2/c1-23(2)17(24)13-22-18(21-12-16-8-3-4-9-25-16)20-11-14-6-5-7-15(19)10-14/h5-7,10,16H,3-4,8-9,11-13H2,1-2H3,(H2,20,21,22). The highest BCUT2D eigenvalue weighted by Crippen LogP contribution is 2.12. The number of hydrogen-bond donors (Lipinski definition) is 2. The van der Waals surface area contributed by atoms with E-state index in [1.165, 1.54) is 6.42 Å². The number of carbonyl (C=O) groups is 1. The maximum absolute atomic E-state index is 11.8. The predicted octanol–water partition coefficient (Wildman–Crippen LogP) is 2.03. The molecule has 1 saturated heterocycles. The van der Waals surface area contributed by atoms with Crippen molar-refractivity contribution in [2.24, 2.45) is 4.99 Å². The molecule has 1 aliphatic heterocycles. The van der Waals surface area contributed by atoms with Crippen LogP contribution in [0.25, 0.3) is 0 Å². The van der Waals surface area contributed by atoms with Crippen LogP contribution in [0.3, 0.4) is 0 Å². The van der Waals surface area contributed by atoms with Crippen LogP contribution >= 0.6 is 11.6 Å². The maximum Gasteiger partial charge on any atom is 0.241 e. The van der Waals surface area contributed by atoms with Crippen LogP contribution in [0.4, 0.5) is 0 Å². The summed E-state index contributed by atoms with van der Waals surface area (Å²) >= 11 is 6.01. The molecule has 1 aromatic rings. The third-order valence-corrected chi connectivity index (χ3v) is 4.22. The Balaban J connectivity index is 1.94. The van der Waals surface area contributed by atoms with E-state index in [1.54, 1.807) is 19.0 Å². The molecule has 0 aliphatic carbocycles. The first-order valence-corrected chi connectivity index (χ1v) is 9.01. The van der Waals surface area contributed by atoms with Gasteiger partial charge in [0.15, 0.2) is 5.96 Å². The van der Waals surface area contributed by atoms with Crippen LogP contribution in [0, 0.1) is 0 Å². The minimum atomic E-state index is -0.00817. The van der Waals surface area contributed by atoms with Crippen molar-refractivity contribution in [1.29, 1.82) is 0 Å². The van der Waals surface area contributed by atoms with Gasteiger partial charge in [-0.25, -0.2) is 4.99 Å². The number of nitrogens with zero attached hydrogens (tertiary/aromatic N) is 2. The number of ether oxygens (including phenoxy) is 1. The van der Waals surface area contributed by atoms with Crippen molar-refractivity contribution in [3.05, 3.63) is 34.9 Å². The second-order valence-corrected chi connectivity index (χ2v) is 6.74. The second-order valence-electron chi connectivity index (χ2n) is 6.31. The highest BCUT2D eigenvalue weighted by atomic mass is 35.5. The maximum atomic E-state index is 11.8. The molecule has 2 N–H and O–H groups in total. The summed E-state index contributed by atoms with van der Waals surface area (Å²) in [5.41, 5.74) is 1.02. The van der Waals surface area contributed by atoms with Gasteiger partial charge in [-0.05, 0) is 37.0 Å². The molecule has 1 fully saturated rings. The highest BCUT2D eigenvalue weighted by Gasteiger charge is 2.14. The molecular weight excluding hydrogens is 340 g/mol. The zero-order chi connectivity index (χ0) is 18.1. The third kappa shape index (κ3) is 7.32. The molecule has 138 valence electrons. The van der Waals surface area contributed by atoms with E-state index in [0.717, 1.165) is 25.0 Å². The summed E-state index contributed by atoms with van der Waals surface area (Å²) in [7, 11) is 3.46. The SMILES string of the molecule is CN(C)C(=O)CNC(=NCc1cccc(Cl)c1)NCC1CCCCO1. The second kappa shape index (κ2) is 10.3. The molecule has 0 aromatic heterocycles. The number of guanidine groups is 1. The number of amides is 1. The van der Waals surface area contributed by atoms with E-state index in [4.69, 9.17) is 16.3 Å². The lowest BCUT2D eigenvalue weighted by atomic mass is 10.1. The predicted molar refractivity (Wildman–Crippen MR) is 101 cm³/mol. The van der Waals surface area contributed by atoms with Crippen LogP contribution in [-0.2, 0) is 16.1 Å². The van der Waals surface area contributed by atoms with Crippen molar-refractivity contribution in [2.45, 2.75) is 31.9 Å². The van der Waals surface area contributed by atoms with Crippen LogP contribution < -0.4 is 10.6 Å². The number of halogens is 1. The monoisotopic (exact) mass is 366 g/mol. The number of nitrogens with one attached hydrogen (secondary N) is 2. The summed E-state index contributed by atoms with van der Waals surface area (Å²) in [5.74, 6) is 0.593. The lowest BCUT2D eigenvalue weighted by Gasteiger charge is -2.24. The lowest BCUT2D eigenvalue weighted by molar-refractivity contribution is -0.127. The molecule has 0 spiro atoms. The molecule has 0 bridgehead atoms. The van der Waals surface area contributed by atoms with E-state index >= 15 is 0 Å². The van der Waals surface area contributed by atoms with Gasteiger partial charge in [0.1, 0.15) is 0 Å². The van der Waals surface area contributed by atoms with Crippen LogP contribution in [-0.4, -0.2) is 56.7 Å². The number of rotatable bonds is 6. The van der Waals surface area contributed by atoms with Gasteiger partial charge < -0.3 is 20.3 Å². The molecule has 1 atom stereocenters. The Bertz CT molecular complexity index is 586. The van der Waals surface area contributed by atoms with Gasteiger partial charge in [0.25, 0.3) is 0 Å².